The second-order valence-electron chi connectivity index (χ2n) is 7.05. The number of likely N-dealkylation sites (tertiary alicyclic amines) is 1. The minimum absolute atomic E-state index is 0.105. The molecule has 1 N–H and O–H groups in total. The summed E-state index contributed by atoms with van der Waals surface area (Å²) >= 11 is 0. The van der Waals surface area contributed by atoms with Crippen molar-refractivity contribution >= 4 is 23.2 Å². The van der Waals surface area contributed by atoms with E-state index in [0.717, 1.165) is 56.0 Å². The first kappa shape index (κ1) is 19.9. The van der Waals surface area contributed by atoms with Crippen molar-refractivity contribution in [2.45, 2.75) is 33.6 Å². The first-order valence-electron chi connectivity index (χ1n) is 9.95. The van der Waals surface area contributed by atoms with E-state index in [1.807, 2.05) is 19.1 Å². The lowest BCUT2D eigenvalue weighted by molar-refractivity contribution is 0.0787. The van der Waals surface area contributed by atoms with Crippen LogP contribution in [0.25, 0.3) is 0 Å². The molecule has 0 atom stereocenters. The van der Waals surface area contributed by atoms with Crippen LogP contribution in [0.15, 0.2) is 36.5 Å². The summed E-state index contributed by atoms with van der Waals surface area (Å²) in [6.07, 6.45) is 3.57. The highest BCUT2D eigenvalue weighted by Gasteiger charge is 2.21. The zero-order valence-corrected chi connectivity index (χ0v) is 16.9. The molecule has 1 aliphatic rings. The molecule has 0 saturated carbocycles. The number of benzene rings is 1. The highest BCUT2D eigenvalue weighted by molar-refractivity contribution is 6.06. The molecule has 1 fully saturated rings. The number of hydrogen-bond acceptors (Lipinski definition) is 4. The van der Waals surface area contributed by atoms with Crippen molar-refractivity contribution in [1.29, 1.82) is 0 Å². The monoisotopic (exact) mass is 380 g/mol. The lowest BCUT2D eigenvalue weighted by Crippen LogP contribution is -2.28. The summed E-state index contributed by atoms with van der Waals surface area (Å²) in [7, 11) is 0. The molecular formula is C22H28N4O2. The zero-order chi connectivity index (χ0) is 20.1. The number of carbonyl (C=O) groups is 2. The van der Waals surface area contributed by atoms with Gasteiger partial charge in [-0.15, -0.1) is 0 Å². The number of pyridine rings is 1. The number of aryl methyl sites for hydroxylation is 1. The molecule has 1 aromatic heterocycles. The van der Waals surface area contributed by atoms with Gasteiger partial charge in [-0.1, -0.05) is 0 Å². The zero-order valence-electron chi connectivity index (χ0n) is 16.9. The maximum absolute atomic E-state index is 12.7. The van der Waals surface area contributed by atoms with Crippen molar-refractivity contribution in [2.75, 3.05) is 36.4 Å². The number of nitrogens with zero attached hydrogens (tertiary/aromatic N) is 3. The summed E-state index contributed by atoms with van der Waals surface area (Å²) in [5, 5.41) is 2.95. The van der Waals surface area contributed by atoms with Crippen LogP contribution in [0.2, 0.25) is 0 Å². The van der Waals surface area contributed by atoms with Crippen LogP contribution in [0.5, 0.6) is 0 Å². The van der Waals surface area contributed by atoms with E-state index in [4.69, 9.17) is 0 Å². The van der Waals surface area contributed by atoms with Gasteiger partial charge in [-0.05, 0) is 69.5 Å². The number of anilines is 2. The molecule has 0 spiro atoms. The summed E-state index contributed by atoms with van der Waals surface area (Å²) in [6.45, 7) is 9.62. The minimum Gasteiger partial charge on any atom is -0.372 e. The number of carbonyl (C=O) groups excluding carboxylic acids is 2. The summed E-state index contributed by atoms with van der Waals surface area (Å²) in [5.41, 5.74) is 3.67. The van der Waals surface area contributed by atoms with E-state index < -0.39 is 0 Å². The van der Waals surface area contributed by atoms with Gasteiger partial charge in [-0.3, -0.25) is 14.6 Å². The molecule has 1 aliphatic heterocycles. The Balaban J connectivity index is 1.74. The molecule has 1 saturated heterocycles. The van der Waals surface area contributed by atoms with Crippen LogP contribution in [-0.4, -0.2) is 47.9 Å². The molecule has 2 heterocycles. The van der Waals surface area contributed by atoms with Gasteiger partial charge < -0.3 is 15.1 Å². The Morgan fingerprint density at radius 1 is 1.11 bits per heavy atom. The van der Waals surface area contributed by atoms with Crippen LogP contribution in [0.4, 0.5) is 11.4 Å². The van der Waals surface area contributed by atoms with Crippen molar-refractivity contribution in [1.82, 2.24) is 9.88 Å². The van der Waals surface area contributed by atoms with Gasteiger partial charge in [-0.25, -0.2) is 0 Å². The molecule has 6 heteroatoms. The Morgan fingerprint density at radius 3 is 2.46 bits per heavy atom. The summed E-state index contributed by atoms with van der Waals surface area (Å²) in [4.78, 5) is 33.5. The Hall–Kier alpha value is -2.89. The largest absolute Gasteiger partial charge is 0.372 e. The molecule has 6 nitrogen and oxygen atoms in total. The minimum atomic E-state index is -0.239. The SMILES string of the molecule is CCN(CC)c1ccc(NC(=O)c2ccnc(C(=O)N3CCCC3)c2)c(C)c1. The van der Waals surface area contributed by atoms with Crippen molar-refractivity contribution in [3.05, 3.63) is 53.3 Å². The van der Waals surface area contributed by atoms with Gasteiger partial charge in [0.1, 0.15) is 5.69 Å². The first-order valence-corrected chi connectivity index (χ1v) is 9.95. The maximum Gasteiger partial charge on any atom is 0.272 e. The fraction of sp³-hybridized carbons (Fsp3) is 0.409. The van der Waals surface area contributed by atoms with Gasteiger partial charge in [0, 0.05) is 49.3 Å². The van der Waals surface area contributed by atoms with Gasteiger partial charge >= 0.3 is 0 Å². The van der Waals surface area contributed by atoms with E-state index in [1.165, 1.54) is 6.20 Å². The smallest absolute Gasteiger partial charge is 0.272 e. The molecule has 2 amide bonds. The third-order valence-corrected chi connectivity index (χ3v) is 5.22. The molecule has 0 radical (unpaired) electrons. The second-order valence-corrected chi connectivity index (χ2v) is 7.05. The number of rotatable bonds is 6. The highest BCUT2D eigenvalue weighted by Crippen LogP contribution is 2.23. The van der Waals surface area contributed by atoms with Gasteiger partial charge in [-0.2, -0.15) is 0 Å². The maximum atomic E-state index is 12.7. The van der Waals surface area contributed by atoms with Gasteiger partial charge in [0.15, 0.2) is 0 Å². The number of hydrogen-bond donors (Lipinski definition) is 1. The quantitative estimate of drug-likeness (QED) is 0.829. The van der Waals surface area contributed by atoms with Crippen LogP contribution < -0.4 is 10.2 Å². The first-order chi connectivity index (χ1) is 13.5. The standard InChI is InChI=1S/C22H28N4O2/c1-4-25(5-2)18-8-9-19(16(3)14-18)24-21(27)17-10-11-23-20(15-17)22(28)26-12-6-7-13-26/h8-11,14-15H,4-7,12-13H2,1-3H3,(H,24,27). The van der Waals surface area contributed by atoms with Crippen molar-refractivity contribution in [3.8, 4) is 0 Å². The Kier molecular flexibility index (Phi) is 6.29. The predicted molar refractivity (Wildman–Crippen MR) is 112 cm³/mol. The van der Waals surface area contributed by atoms with E-state index in [9.17, 15) is 9.59 Å². The normalized spacial score (nSPS) is 13.5. The van der Waals surface area contributed by atoms with Crippen molar-refractivity contribution < 1.29 is 9.59 Å². The molecule has 1 aromatic carbocycles. The van der Waals surface area contributed by atoms with E-state index in [1.54, 1.807) is 17.0 Å². The van der Waals surface area contributed by atoms with Gasteiger partial charge in [0.25, 0.3) is 11.8 Å². The van der Waals surface area contributed by atoms with E-state index in [0.29, 0.717) is 11.3 Å². The average Bonchev–Trinajstić information content (AvgIpc) is 3.25. The topological polar surface area (TPSA) is 65.5 Å². The third kappa shape index (κ3) is 4.32. The molecule has 3 rings (SSSR count). The van der Waals surface area contributed by atoms with Gasteiger partial charge in [0.05, 0.1) is 0 Å². The Bertz CT molecular complexity index is 855. The van der Waals surface area contributed by atoms with Crippen molar-refractivity contribution in [2.24, 2.45) is 0 Å². The van der Waals surface area contributed by atoms with Crippen LogP contribution >= 0.6 is 0 Å². The number of nitrogens with one attached hydrogen (secondary N) is 1. The van der Waals surface area contributed by atoms with Crippen LogP contribution in [0.1, 0.15) is 53.1 Å². The third-order valence-electron chi connectivity index (χ3n) is 5.22. The van der Waals surface area contributed by atoms with E-state index in [2.05, 4.69) is 35.1 Å². The molecule has 28 heavy (non-hydrogen) atoms. The van der Waals surface area contributed by atoms with Crippen molar-refractivity contribution in [3.63, 3.8) is 0 Å². The molecule has 148 valence electrons. The Labute approximate surface area is 166 Å². The molecular weight excluding hydrogens is 352 g/mol. The molecule has 0 unspecified atom stereocenters. The summed E-state index contributed by atoms with van der Waals surface area (Å²) in [5.74, 6) is -0.344. The fourth-order valence-corrected chi connectivity index (χ4v) is 3.54. The number of amides is 2. The molecule has 0 bridgehead atoms. The average molecular weight is 380 g/mol. The van der Waals surface area contributed by atoms with Crippen LogP contribution in [0.3, 0.4) is 0 Å². The lowest BCUT2D eigenvalue weighted by atomic mass is 10.1. The van der Waals surface area contributed by atoms with E-state index >= 15 is 0 Å². The lowest BCUT2D eigenvalue weighted by Gasteiger charge is -2.22. The Morgan fingerprint density at radius 2 is 1.82 bits per heavy atom. The summed E-state index contributed by atoms with van der Waals surface area (Å²) < 4.78 is 0. The number of aromatic nitrogens is 1. The highest BCUT2D eigenvalue weighted by atomic mass is 16.2. The van der Waals surface area contributed by atoms with Crippen LogP contribution in [0, 0.1) is 6.92 Å². The van der Waals surface area contributed by atoms with E-state index in [-0.39, 0.29) is 11.8 Å². The summed E-state index contributed by atoms with van der Waals surface area (Å²) in [6, 6.07) is 9.24. The fourth-order valence-electron chi connectivity index (χ4n) is 3.54. The molecule has 2 aromatic rings. The van der Waals surface area contributed by atoms with Gasteiger partial charge in [0.2, 0.25) is 0 Å². The second kappa shape index (κ2) is 8.87. The predicted octanol–water partition coefficient (Wildman–Crippen LogP) is 3.72. The van der Waals surface area contributed by atoms with Crippen LogP contribution in [-0.2, 0) is 0 Å². The molecule has 0 aliphatic carbocycles.